The molecule has 0 unspecified atom stereocenters. The maximum atomic E-state index is 12.2. The van der Waals surface area contributed by atoms with Crippen LogP contribution in [-0.2, 0) is 4.79 Å². The average molecular weight is 240 g/mol. The topological polar surface area (TPSA) is 37.3 Å². The average Bonchev–Trinajstić information content (AvgIpc) is 2.36. The highest BCUT2D eigenvalue weighted by Crippen LogP contribution is 2.34. The molecule has 0 aliphatic carbocycles. The maximum absolute atomic E-state index is 12.2. The minimum absolute atomic E-state index is 0.0492. The fraction of sp³-hybridized carbons (Fsp3) is 0.800. The Balaban J connectivity index is 5.10. The number of aliphatic hydroxyl groups is 1. The highest BCUT2D eigenvalue weighted by atomic mass is 16.3. The van der Waals surface area contributed by atoms with E-state index < -0.39 is 0 Å². The van der Waals surface area contributed by atoms with Crippen molar-refractivity contribution in [2.45, 2.75) is 67.2 Å². The molecule has 0 rings (SSSR count). The van der Waals surface area contributed by atoms with Gasteiger partial charge in [-0.2, -0.15) is 0 Å². The lowest BCUT2D eigenvalue weighted by atomic mass is 9.77. The third kappa shape index (κ3) is 3.58. The fourth-order valence-corrected chi connectivity index (χ4v) is 1.68. The Morgan fingerprint density at radius 3 is 1.59 bits per heavy atom. The van der Waals surface area contributed by atoms with Crippen LogP contribution in [0, 0.1) is 10.8 Å². The van der Waals surface area contributed by atoms with Crippen molar-refractivity contribution in [2.24, 2.45) is 10.8 Å². The summed E-state index contributed by atoms with van der Waals surface area (Å²) in [5.41, 5.74) is -0.603. The van der Waals surface area contributed by atoms with Crippen molar-refractivity contribution in [1.82, 2.24) is 0 Å². The van der Waals surface area contributed by atoms with Crippen LogP contribution in [0.3, 0.4) is 0 Å². The molecule has 0 aliphatic heterocycles. The molecule has 0 aromatic heterocycles. The van der Waals surface area contributed by atoms with Crippen LogP contribution in [0.2, 0.25) is 0 Å². The molecule has 1 N–H and O–H groups in total. The number of carbonyl (C=O) groups excluding carboxylic acids is 1. The van der Waals surface area contributed by atoms with Gasteiger partial charge in [0, 0.05) is 16.9 Å². The Morgan fingerprint density at radius 2 is 1.29 bits per heavy atom. The van der Waals surface area contributed by atoms with Gasteiger partial charge in [0.15, 0.2) is 5.78 Å². The first-order valence-electron chi connectivity index (χ1n) is 6.75. The van der Waals surface area contributed by atoms with E-state index in [1.807, 2.05) is 41.5 Å². The zero-order valence-corrected chi connectivity index (χ0v) is 12.3. The maximum Gasteiger partial charge on any atom is 0.164 e. The highest BCUT2D eigenvalue weighted by molar-refractivity contribution is 5.94. The van der Waals surface area contributed by atoms with Gasteiger partial charge >= 0.3 is 0 Å². The molecular weight excluding hydrogens is 212 g/mol. The van der Waals surface area contributed by atoms with E-state index in [9.17, 15) is 9.90 Å². The molecule has 0 aromatic carbocycles. The first-order valence-corrected chi connectivity index (χ1v) is 6.75. The van der Waals surface area contributed by atoms with Gasteiger partial charge in [0.2, 0.25) is 0 Å². The zero-order valence-electron chi connectivity index (χ0n) is 12.3. The normalized spacial score (nSPS) is 13.9. The Kier molecular flexibility index (Phi) is 5.94. The number of allylic oxidation sites excluding steroid dienone is 2. The standard InChI is InChI=1S/C15H28O2/c1-7-14(5,8-2)12(16)11-13(17)15(6,9-3)10-4/h11,16H,7-10H2,1-6H3. The number of aliphatic hydroxyl groups excluding tert-OH is 1. The number of hydrogen-bond donors (Lipinski definition) is 1. The van der Waals surface area contributed by atoms with Crippen LogP contribution in [0.1, 0.15) is 67.2 Å². The summed E-state index contributed by atoms with van der Waals surface area (Å²) < 4.78 is 0. The van der Waals surface area contributed by atoms with Crippen LogP contribution >= 0.6 is 0 Å². The van der Waals surface area contributed by atoms with E-state index in [0.29, 0.717) is 0 Å². The third-order valence-corrected chi connectivity index (χ3v) is 4.60. The van der Waals surface area contributed by atoms with Crippen LogP contribution in [-0.4, -0.2) is 10.9 Å². The Bertz CT molecular complexity index is 281. The molecule has 100 valence electrons. The van der Waals surface area contributed by atoms with Crippen LogP contribution in [0.15, 0.2) is 11.8 Å². The van der Waals surface area contributed by atoms with Gasteiger partial charge < -0.3 is 5.11 Å². The lowest BCUT2D eigenvalue weighted by molar-refractivity contribution is -0.123. The van der Waals surface area contributed by atoms with Crippen molar-refractivity contribution in [3.05, 3.63) is 11.8 Å². The molecule has 0 saturated heterocycles. The number of ketones is 1. The molecular formula is C15H28O2. The number of hydrogen-bond acceptors (Lipinski definition) is 2. The Hall–Kier alpha value is -0.790. The fourth-order valence-electron chi connectivity index (χ4n) is 1.68. The largest absolute Gasteiger partial charge is 0.512 e. The molecule has 0 atom stereocenters. The quantitative estimate of drug-likeness (QED) is 0.519. The van der Waals surface area contributed by atoms with Crippen molar-refractivity contribution < 1.29 is 9.90 Å². The molecule has 0 aromatic rings. The summed E-state index contributed by atoms with van der Waals surface area (Å²) in [4.78, 5) is 12.2. The lowest BCUT2D eigenvalue weighted by Crippen LogP contribution is -2.26. The van der Waals surface area contributed by atoms with Gasteiger partial charge in [0.25, 0.3) is 0 Å². The van der Waals surface area contributed by atoms with Crippen LogP contribution in [0.25, 0.3) is 0 Å². The molecule has 2 nitrogen and oxygen atoms in total. The van der Waals surface area contributed by atoms with Crippen LogP contribution < -0.4 is 0 Å². The summed E-state index contributed by atoms with van der Waals surface area (Å²) in [5.74, 6) is 0.286. The van der Waals surface area contributed by atoms with E-state index in [4.69, 9.17) is 0 Å². The second-order valence-corrected chi connectivity index (χ2v) is 5.43. The van der Waals surface area contributed by atoms with E-state index in [2.05, 4.69) is 0 Å². The summed E-state index contributed by atoms with van der Waals surface area (Å²) in [5, 5.41) is 10.1. The molecule has 0 radical (unpaired) electrons. The lowest BCUT2D eigenvalue weighted by Gasteiger charge is -2.28. The number of carbonyl (C=O) groups is 1. The first kappa shape index (κ1) is 16.2. The second-order valence-electron chi connectivity index (χ2n) is 5.43. The predicted octanol–water partition coefficient (Wildman–Crippen LogP) is 4.65. The van der Waals surface area contributed by atoms with Gasteiger partial charge in [-0.1, -0.05) is 41.5 Å². The Morgan fingerprint density at radius 1 is 0.941 bits per heavy atom. The third-order valence-electron chi connectivity index (χ3n) is 4.60. The summed E-state index contributed by atoms with van der Waals surface area (Å²) >= 11 is 0. The minimum atomic E-state index is -0.337. The predicted molar refractivity (Wildman–Crippen MR) is 73.1 cm³/mol. The van der Waals surface area contributed by atoms with Crippen molar-refractivity contribution in [3.63, 3.8) is 0 Å². The van der Waals surface area contributed by atoms with Crippen LogP contribution in [0.4, 0.5) is 0 Å². The van der Waals surface area contributed by atoms with Gasteiger partial charge in [0.1, 0.15) is 5.76 Å². The van der Waals surface area contributed by atoms with Crippen molar-refractivity contribution in [1.29, 1.82) is 0 Å². The summed E-state index contributed by atoms with van der Waals surface area (Å²) in [7, 11) is 0. The molecule has 2 heteroatoms. The zero-order chi connectivity index (χ0) is 13.7. The van der Waals surface area contributed by atoms with Gasteiger partial charge in [-0.15, -0.1) is 0 Å². The smallest absolute Gasteiger partial charge is 0.164 e. The highest BCUT2D eigenvalue weighted by Gasteiger charge is 2.31. The van der Waals surface area contributed by atoms with E-state index >= 15 is 0 Å². The molecule has 0 spiro atoms. The van der Waals surface area contributed by atoms with Crippen molar-refractivity contribution in [2.75, 3.05) is 0 Å². The van der Waals surface area contributed by atoms with Gasteiger partial charge in [0.05, 0.1) is 0 Å². The van der Waals surface area contributed by atoms with Gasteiger partial charge in [-0.3, -0.25) is 4.79 Å². The van der Waals surface area contributed by atoms with E-state index in [-0.39, 0.29) is 22.4 Å². The second kappa shape index (κ2) is 6.23. The first-order chi connectivity index (χ1) is 7.79. The summed E-state index contributed by atoms with van der Waals surface area (Å²) in [6.45, 7) is 12.1. The molecule has 0 aliphatic rings. The molecule has 0 fully saturated rings. The molecule has 0 bridgehead atoms. The number of rotatable bonds is 7. The minimum Gasteiger partial charge on any atom is -0.512 e. The monoisotopic (exact) mass is 240 g/mol. The van der Waals surface area contributed by atoms with Crippen LogP contribution in [0.5, 0.6) is 0 Å². The summed E-state index contributed by atoms with van der Waals surface area (Å²) in [6, 6.07) is 0. The van der Waals surface area contributed by atoms with E-state index in [0.717, 1.165) is 25.7 Å². The molecule has 0 amide bonds. The van der Waals surface area contributed by atoms with Crippen molar-refractivity contribution >= 4 is 5.78 Å². The molecule has 0 saturated carbocycles. The SMILES string of the molecule is CCC(C)(CC)C(=O)C=C(O)C(C)(CC)CC. The Labute approximate surface area is 106 Å². The van der Waals surface area contributed by atoms with E-state index in [1.54, 1.807) is 0 Å². The van der Waals surface area contributed by atoms with Gasteiger partial charge in [-0.05, 0) is 25.7 Å². The van der Waals surface area contributed by atoms with E-state index in [1.165, 1.54) is 6.08 Å². The molecule has 17 heavy (non-hydrogen) atoms. The van der Waals surface area contributed by atoms with Crippen molar-refractivity contribution in [3.8, 4) is 0 Å². The summed E-state index contributed by atoms with van der Waals surface area (Å²) in [6.07, 6.45) is 4.75. The van der Waals surface area contributed by atoms with Gasteiger partial charge in [-0.25, -0.2) is 0 Å². The molecule has 0 heterocycles.